The number of fused-ring (bicyclic) bond motifs is 1. The van der Waals surface area contributed by atoms with E-state index in [-0.39, 0.29) is 5.91 Å². The number of aromatic nitrogens is 3. The lowest BCUT2D eigenvalue weighted by Gasteiger charge is -2.29. The number of anilines is 2. The molecule has 0 unspecified atom stereocenters. The van der Waals surface area contributed by atoms with Crippen LogP contribution in [0.15, 0.2) is 78.3 Å². The maximum Gasteiger partial charge on any atom is 0.255 e. The van der Waals surface area contributed by atoms with Crippen molar-refractivity contribution in [3.63, 3.8) is 0 Å². The smallest absolute Gasteiger partial charge is 0.255 e. The summed E-state index contributed by atoms with van der Waals surface area (Å²) < 4.78 is 24.6. The minimum Gasteiger partial charge on any atom is -0.497 e. The molecule has 1 aromatic heterocycles. The highest BCUT2D eigenvalue weighted by Crippen LogP contribution is 2.40. The molecule has 41 heavy (non-hydrogen) atoms. The molecule has 5 rings (SSSR count). The van der Waals surface area contributed by atoms with Gasteiger partial charge < -0.3 is 29.6 Å². The Hall–Kier alpha value is -4.99. The molecule has 0 radical (unpaired) electrons. The Morgan fingerprint density at radius 3 is 2.46 bits per heavy atom. The van der Waals surface area contributed by atoms with Gasteiger partial charge in [-0.25, -0.2) is 4.68 Å². The summed E-state index contributed by atoms with van der Waals surface area (Å²) in [5, 5.41) is 10.6. The summed E-state index contributed by atoms with van der Waals surface area (Å²) in [6.45, 7) is 6.65. The van der Waals surface area contributed by atoms with E-state index in [0.29, 0.717) is 59.1 Å². The number of aryl methyl sites for hydroxylation is 1. The highest BCUT2D eigenvalue weighted by atomic mass is 16.5. The van der Waals surface area contributed by atoms with Crippen molar-refractivity contribution in [2.75, 3.05) is 31.5 Å². The van der Waals surface area contributed by atoms with Crippen LogP contribution in [0.2, 0.25) is 0 Å². The van der Waals surface area contributed by atoms with E-state index in [1.54, 1.807) is 37.1 Å². The summed E-state index contributed by atoms with van der Waals surface area (Å²) >= 11 is 0. The second-order valence-corrected chi connectivity index (χ2v) is 9.53. The van der Waals surface area contributed by atoms with Gasteiger partial charge >= 0.3 is 0 Å². The summed E-state index contributed by atoms with van der Waals surface area (Å²) in [6, 6.07) is 18.5. The largest absolute Gasteiger partial charge is 0.497 e. The maximum absolute atomic E-state index is 13.9. The summed E-state index contributed by atoms with van der Waals surface area (Å²) in [6.07, 6.45) is 1.46. The first-order valence-electron chi connectivity index (χ1n) is 13.3. The van der Waals surface area contributed by atoms with Gasteiger partial charge in [-0.15, -0.1) is 0 Å². The standard InChI is InChI=1S/C31H33N5O5/c1-6-40-27-15-22(11-13-26(27)41-17-21-9-7-19(2)8-10-21)29-28(20(3)34-31-32-18-33-36(29)31)30(37)35-24-16-23(38-4)12-14-25(24)39-5/h7-16,18,29H,6,17H2,1-5H3,(H,35,37)(H,32,33,34)/t29-/m0/s1. The number of methoxy groups -OCH3 is 2. The molecule has 212 valence electrons. The molecule has 10 nitrogen and oxygen atoms in total. The lowest BCUT2D eigenvalue weighted by molar-refractivity contribution is -0.113. The molecular formula is C31H33N5O5. The van der Waals surface area contributed by atoms with Crippen molar-refractivity contribution in [3.8, 4) is 23.0 Å². The van der Waals surface area contributed by atoms with Crippen LogP contribution in [0.5, 0.6) is 23.0 Å². The number of nitrogens with zero attached hydrogens (tertiary/aromatic N) is 3. The maximum atomic E-state index is 13.9. The van der Waals surface area contributed by atoms with Crippen molar-refractivity contribution in [1.29, 1.82) is 0 Å². The lowest BCUT2D eigenvalue weighted by atomic mass is 9.94. The molecule has 0 bridgehead atoms. The van der Waals surface area contributed by atoms with Gasteiger partial charge in [-0.05, 0) is 56.2 Å². The lowest BCUT2D eigenvalue weighted by Crippen LogP contribution is -2.31. The molecule has 1 amide bonds. The zero-order valence-corrected chi connectivity index (χ0v) is 23.7. The number of allylic oxidation sites excluding steroid dienone is 1. The van der Waals surface area contributed by atoms with Gasteiger partial charge in [0, 0.05) is 11.8 Å². The fraction of sp³-hybridized carbons (Fsp3) is 0.258. The molecule has 3 aromatic carbocycles. The van der Waals surface area contributed by atoms with Crippen LogP contribution in [-0.4, -0.2) is 41.5 Å². The van der Waals surface area contributed by atoms with Gasteiger partial charge in [0.05, 0.1) is 32.1 Å². The molecule has 10 heteroatoms. The van der Waals surface area contributed by atoms with Crippen molar-refractivity contribution in [2.45, 2.75) is 33.4 Å². The summed E-state index contributed by atoms with van der Waals surface area (Å²) in [7, 11) is 3.11. The van der Waals surface area contributed by atoms with Crippen LogP contribution in [0, 0.1) is 6.92 Å². The Kier molecular flexibility index (Phi) is 8.09. The Bertz CT molecular complexity index is 1580. The van der Waals surface area contributed by atoms with E-state index in [2.05, 4.69) is 39.8 Å². The molecule has 2 heterocycles. The van der Waals surface area contributed by atoms with Crippen molar-refractivity contribution in [2.24, 2.45) is 0 Å². The zero-order valence-electron chi connectivity index (χ0n) is 23.7. The van der Waals surface area contributed by atoms with Gasteiger partial charge in [0.25, 0.3) is 5.91 Å². The van der Waals surface area contributed by atoms with Crippen LogP contribution in [-0.2, 0) is 11.4 Å². The molecule has 1 atom stereocenters. The van der Waals surface area contributed by atoms with Crippen molar-refractivity contribution in [3.05, 3.63) is 95.0 Å². The fourth-order valence-electron chi connectivity index (χ4n) is 4.72. The van der Waals surface area contributed by atoms with E-state index >= 15 is 0 Å². The van der Waals surface area contributed by atoms with Gasteiger partial charge in [-0.3, -0.25) is 4.79 Å². The number of hydrogen-bond acceptors (Lipinski definition) is 8. The third-order valence-corrected chi connectivity index (χ3v) is 6.79. The topological polar surface area (TPSA) is 109 Å². The molecule has 0 fully saturated rings. The van der Waals surface area contributed by atoms with Crippen LogP contribution in [0.3, 0.4) is 0 Å². The van der Waals surface area contributed by atoms with Gasteiger partial charge in [0.1, 0.15) is 30.5 Å². The summed E-state index contributed by atoms with van der Waals surface area (Å²) in [5.74, 6) is 2.48. The van der Waals surface area contributed by atoms with Gasteiger partial charge in [-0.1, -0.05) is 35.9 Å². The molecular weight excluding hydrogens is 522 g/mol. The van der Waals surface area contributed by atoms with E-state index in [9.17, 15) is 4.79 Å². The molecule has 0 aliphatic carbocycles. The first-order chi connectivity index (χ1) is 19.9. The monoisotopic (exact) mass is 555 g/mol. The van der Waals surface area contributed by atoms with Crippen molar-refractivity contribution in [1.82, 2.24) is 14.8 Å². The van der Waals surface area contributed by atoms with Crippen LogP contribution in [0.1, 0.15) is 36.6 Å². The van der Waals surface area contributed by atoms with Crippen LogP contribution >= 0.6 is 0 Å². The molecule has 0 saturated carbocycles. The van der Waals surface area contributed by atoms with Gasteiger partial charge in [0.15, 0.2) is 11.5 Å². The fourth-order valence-corrected chi connectivity index (χ4v) is 4.72. The van der Waals surface area contributed by atoms with E-state index in [1.807, 2.05) is 44.2 Å². The van der Waals surface area contributed by atoms with Crippen LogP contribution < -0.4 is 29.6 Å². The SMILES string of the molecule is CCOc1cc([C@H]2C(C(=O)Nc3cc(OC)ccc3OC)=C(C)Nc3ncnn32)ccc1OCc1ccc(C)cc1. The Labute approximate surface area is 238 Å². The van der Waals surface area contributed by atoms with E-state index in [1.165, 1.54) is 11.9 Å². The van der Waals surface area contributed by atoms with Crippen LogP contribution in [0.25, 0.3) is 0 Å². The Balaban J connectivity index is 1.49. The second kappa shape index (κ2) is 12.0. The number of nitrogens with one attached hydrogen (secondary N) is 2. The molecule has 4 aromatic rings. The number of hydrogen-bond donors (Lipinski definition) is 2. The molecule has 1 aliphatic rings. The molecule has 0 saturated heterocycles. The third kappa shape index (κ3) is 5.81. The number of ether oxygens (including phenoxy) is 4. The summed E-state index contributed by atoms with van der Waals surface area (Å²) in [4.78, 5) is 18.2. The molecule has 2 N–H and O–H groups in total. The first kappa shape index (κ1) is 27.6. The number of benzene rings is 3. The number of rotatable bonds is 10. The van der Waals surface area contributed by atoms with E-state index < -0.39 is 6.04 Å². The zero-order chi connectivity index (χ0) is 28.9. The van der Waals surface area contributed by atoms with E-state index in [0.717, 1.165) is 11.1 Å². The minimum absolute atomic E-state index is 0.328. The van der Waals surface area contributed by atoms with E-state index in [4.69, 9.17) is 18.9 Å². The Morgan fingerprint density at radius 1 is 0.951 bits per heavy atom. The average Bonchev–Trinajstić information content (AvgIpc) is 3.44. The Morgan fingerprint density at radius 2 is 1.73 bits per heavy atom. The number of carbonyl (C=O) groups excluding carboxylic acids is 1. The normalized spacial score (nSPS) is 14.1. The van der Waals surface area contributed by atoms with Crippen LogP contribution in [0.4, 0.5) is 11.6 Å². The quantitative estimate of drug-likeness (QED) is 0.264. The average molecular weight is 556 g/mol. The summed E-state index contributed by atoms with van der Waals surface area (Å²) in [5.41, 5.74) is 4.62. The minimum atomic E-state index is -0.587. The predicted molar refractivity (Wildman–Crippen MR) is 156 cm³/mol. The second-order valence-electron chi connectivity index (χ2n) is 9.53. The number of carbonyl (C=O) groups is 1. The molecule has 0 spiro atoms. The predicted octanol–water partition coefficient (Wildman–Crippen LogP) is 5.51. The van der Waals surface area contributed by atoms with Gasteiger partial charge in [-0.2, -0.15) is 10.1 Å². The van der Waals surface area contributed by atoms with Crippen molar-refractivity contribution < 1.29 is 23.7 Å². The highest BCUT2D eigenvalue weighted by Gasteiger charge is 2.34. The highest BCUT2D eigenvalue weighted by molar-refractivity contribution is 6.06. The molecule has 1 aliphatic heterocycles. The first-order valence-corrected chi connectivity index (χ1v) is 13.3. The van der Waals surface area contributed by atoms with Gasteiger partial charge in [0.2, 0.25) is 5.95 Å². The third-order valence-electron chi connectivity index (χ3n) is 6.79. The number of amides is 1. The van der Waals surface area contributed by atoms with Crippen molar-refractivity contribution >= 4 is 17.5 Å².